The molecule has 0 aromatic heterocycles. The predicted molar refractivity (Wildman–Crippen MR) is 284 cm³/mol. The van der Waals surface area contributed by atoms with E-state index in [1.165, 1.54) is 44.6 Å². The highest BCUT2D eigenvalue weighted by Crippen LogP contribution is 2.53. The zero-order valence-corrected chi connectivity index (χ0v) is 45.7. The van der Waals surface area contributed by atoms with Crippen molar-refractivity contribution in [2.75, 3.05) is 45.8 Å². The predicted octanol–water partition coefficient (Wildman–Crippen LogP) is 0.794. The second-order valence-corrected chi connectivity index (χ2v) is 21.3. The maximum absolute atomic E-state index is 14.4. The van der Waals surface area contributed by atoms with Crippen LogP contribution < -0.4 is 37.1 Å². The molecular weight excluding hydrogens is 1070 g/mol. The number of nitrogens with zero attached hydrogens (tertiary/aromatic N) is 2. The normalized spacial score (nSPS) is 25.3. The molecule has 3 aromatic carbocycles. The van der Waals surface area contributed by atoms with E-state index in [1.807, 2.05) is 0 Å². The Morgan fingerprint density at radius 1 is 0.890 bits per heavy atom. The minimum absolute atomic E-state index is 0.0244. The topological polar surface area (TPSA) is 362 Å². The molecule has 4 heterocycles. The van der Waals surface area contributed by atoms with Crippen molar-refractivity contribution < 1.29 is 86.9 Å². The van der Waals surface area contributed by atoms with E-state index in [1.54, 1.807) is 32.9 Å². The number of hydrogen-bond donors (Lipinski definition) is 9. The second-order valence-electron chi connectivity index (χ2n) is 21.3. The number of aliphatic hydroxyl groups is 1. The summed E-state index contributed by atoms with van der Waals surface area (Å²) in [6, 6.07) is 7.22. The highest BCUT2D eigenvalue weighted by atomic mass is 16.7. The van der Waals surface area contributed by atoms with Gasteiger partial charge in [-0.1, -0.05) is 38.1 Å². The van der Waals surface area contributed by atoms with Crippen molar-refractivity contribution in [1.82, 2.24) is 31.1 Å². The summed E-state index contributed by atoms with van der Waals surface area (Å²) in [5, 5.41) is 50.0. The number of nitrogens with one attached hydrogen (secondary N) is 5. The molecule has 8 amide bonds. The van der Waals surface area contributed by atoms with Gasteiger partial charge in [-0.25, -0.2) is 4.79 Å². The van der Waals surface area contributed by atoms with E-state index < -0.39 is 149 Å². The molecule has 6 aliphatic rings. The van der Waals surface area contributed by atoms with Gasteiger partial charge in [0.2, 0.25) is 23.5 Å². The third-order valence-electron chi connectivity index (χ3n) is 15.6. The molecule has 82 heavy (non-hydrogen) atoms. The number of primary amides is 1. The lowest BCUT2D eigenvalue weighted by Gasteiger charge is -2.43. The fraction of sp³-hybridized carbons (Fsp3) is 0.482. The number of amides is 8. The average molecular weight is 1140 g/mol. The van der Waals surface area contributed by atoms with E-state index >= 15 is 0 Å². The number of urea groups is 1. The number of nitrogens with two attached hydrogens (primary N) is 1. The Morgan fingerprint density at radius 3 is 2.29 bits per heavy atom. The number of ketones is 2. The van der Waals surface area contributed by atoms with Gasteiger partial charge in [0, 0.05) is 99.5 Å². The van der Waals surface area contributed by atoms with Crippen molar-refractivity contribution >= 4 is 58.7 Å². The highest BCUT2D eigenvalue weighted by molar-refractivity contribution is 6.31. The lowest BCUT2D eigenvalue weighted by molar-refractivity contribution is -0.256. The molecule has 10 atom stereocenters. The Hall–Kier alpha value is -7.85. The maximum Gasteiger partial charge on any atom is 0.312 e. The van der Waals surface area contributed by atoms with Crippen LogP contribution >= 0.6 is 0 Å². The average Bonchev–Trinajstić information content (AvgIpc) is 1.26. The first-order valence-electron chi connectivity index (χ1n) is 26.9. The number of imide groups is 1. The van der Waals surface area contributed by atoms with Gasteiger partial charge in [0.15, 0.2) is 24.6 Å². The lowest BCUT2D eigenvalue weighted by Crippen LogP contribution is -2.55. The van der Waals surface area contributed by atoms with Crippen LogP contribution in [0.15, 0.2) is 54.6 Å². The van der Waals surface area contributed by atoms with Crippen molar-refractivity contribution in [1.29, 1.82) is 0 Å². The molecule has 0 bridgehead atoms. The first-order valence-corrected chi connectivity index (χ1v) is 26.9. The summed E-state index contributed by atoms with van der Waals surface area (Å²) in [6.45, 7) is 5.72. The number of carbonyl (C=O) groups is 9. The fourth-order valence-corrected chi connectivity index (χ4v) is 11.5. The molecule has 3 saturated heterocycles. The molecule has 3 fully saturated rings. The maximum atomic E-state index is 14.4. The first-order chi connectivity index (χ1) is 39.1. The van der Waals surface area contributed by atoms with Gasteiger partial charge in [0.1, 0.15) is 41.0 Å². The zero-order chi connectivity index (χ0) is 58.9. The Balaban J connectivity index is 0.907. The number of hydrogen-bond acceptors (Lipinski definition) is 19. The van der Waals surface area contributed by atoms with Gasteiger partial charge in [0.25, 0.3) is 17.7 Å². The van der Waals surface area contributed by atoms with Crippen LogP contribution in [0.3, 0.4) is 0 Å². The zero-order valence-electron chi connectivity index (χ0n) is 45.7. The SMILES string of the molecule is COc1cccc2c1C(=O)c1c(O)c3c(c(O)c1C2=O)C[C@@](O)(C(=O)NCc1ccc(NC(=O)[C@H](CCCNC(N)=O)NC(=O)[C@@H](NC(=O)CCN2C(=O)C=CC2=O)C(C)C)cc1)C[C@@H]3O[C@H]1C[C@H]2[C@H](O[C@@H]3[C@@H](OC)OCCN32)[C@H](C)O1. The van der Waals surface area contributed by atoms with Gasteiger partial charge >= 0.3 is 6.03 Å². The van der Waals surface area contributed by atoms with Crippen LogP contribution in [0.25, 0.3) is 0 Å². The van der Waals surface area contributed by atoms with Crippen molar-refractivity contribution in [2.45, 2.75) is 127 Å². The third-order valence-corrected chi connectivity index (χ3v) is 15.6. The van der Waals surface area contributed by atoms with Crippen LogP contribution in [0.4, 0.5) is 10.5 Å². The Bertz CT molecular complexity index is 3080. The van der Waals surface area contributed by atoms with Crippen molar-refractivity contribution in [2.24, 2.45) is 11.7 Å². The van der Waals surface area contributed by atoms with E-state index in [0.29, 0.717) is 18.7 Å². The quantitative estimate of drug-likeness (QED) is 0.0336. The molecule has 0 radical (unpaired) electrons. The molecule has 26 nitrogen and oxygen atoms in total. The molecule has 26 heteroatoms. The van der Waals surface area contributed by atoms with Crippen LogP contribution in [0.1, 0.15) is 108 Å². The van der Waals surface area contributed by atoms with E-state index in [9.17, 15) is 58.5 Å². The number of phenols is 2. The Kier molecular flexibility index (Phi) is 17.4. The van der Waals surface area contributed by atoms with Gasteiger partial charge < -0.3 is 76.1 Å². The number of anilines is 1. The molecule has 0 saturated carbocycles. The first kappa shape index (κ1) is 58.8. The monoisotopic (exact) mass is 1140 g/mol. The van der Waals surface area contributed by atoms with Gasteiger partial charge in [-0.05, 0) is 49.4 Å². The van der Waals surface area contributed by atoms with E-state index in [0.717, 1.165) is 17.1 Å². The number of fused-ring (bicyclic) bond motifs is 6. The summed E-state index contributed by atoms with van der Waals surface area (Å²) in [5.74, 6) is -7.43. The van der Waals surface area contributed by atoms with Gasteiger partial charge in [-0.15, -0.1) is 0 Å². The minimum Gasteiger partial charge on any atom is -0.507 e. The largest absolute Gasteiger partial charge is 0.507 e. The van der Waals surface area contributed by atoms with Crippen LogP contribution in [0, 0.1) is 5.92 Å². The number of ether oxygens (including phenoxy) is 6. The number of phenolic OH excluding ortho intramolecular Hbond substituents is 2. The van der Waals surface area contributed by atoms with E-state index in [-0.39, 0.29) is 85.1 Å². The highest BCUT2D eigenvalue weighted by Gasteiger charge is 2.55. The van der Waals surface area contributed by atoms with E-state index in [2.05, 4.69) is 31.5 Å². The van der Waals surface area contributed by atoms with Crippen molar-refractivity contribution in [3.05, 3.63) is 93.6 Å². The number of methoxy groups -OCH3 is 2. The summed E-state index contributed by atoms with van der Waals surface area (Å²) in [5.41, 5.74) is 2.08. The Labute approximate surface area is 470 Å². The summed E-state index contributed by atoms with van der Waals surface area (Å²) in [7, 11) is 2.84. The van der Waals surface area contributed by atoms with Gasteiger partial charge in [0.05, 0.1) is 42.6 Å². The number of benzene rings is 3. The number of morpholine rings is 1. The smallest absolute Gasteiger partial charge is 0.312 e. The molecular formula is C56H66N8O18. The summed E-state index contributed by atoms with van der Waals surface area (Å²) in [4.78, 5) is 122. The molecule has 0 unspecified atom stereocenters. The summed E-state index contributed by atoms with van der Waals surface area (Å²) in [6.07, 6.45) is -3.45. The second kappa shape index (κ2) is 24.3. The van der Waals surface area contributed by atoms with Crippen LogP contribution in [-0.4, -0.2) is 173 Å². The summed E-state index contributed by atoms with van der Waals surface area (Å²) < 4.78 is 36.1. The van der Waals surface area contributed by atoms with E-state index in [4.69, 9.17) is 34.2 Å². The molecule has 9 rings (SSSR count). The lowest BCUT2D eigenvalue weighted by atomic mass is 9.72. The molecule has 2 aliphatic carbocycles. The summed E-state index contributed by atoms with van der Waals surface area (Å²) >= 11 is 0. The fourth-order valence-electron chi connectivity index (χ4n) is 11.5. The molecule has 438 valence electrons. The standard InChI is InChI=1S/C56H66N8O18/c1-26(2)44(62-36(65)17-19-64-37(66)15-16-38(64)67)51(73)61-32(9-7-18-58-55(57)75)50(72)60-29-13-11-28(12-14-29)25-59-54(74)56(76)23-31-41(48(71)43-42(46(31)69)45(68)30-8-6-10-34(77-4)40(30)47(43)70)35(24-56)81-39-22-33-49(27(3)80-39)82-52-53(78-5)79-21-20-63(33)52/h6,8,10-16,26-27,32-33,35,39,44,49,52-53,69,71,76H,7,9,17-25H2,1-5H3,(H,59,74)(H,60,72)(H,61,73)(H,62,65)(H3,57,58,75)/t27-,32-,33-,35-,39-,44-,49+,52+,53-,56-/m0/s1. The van der Waals surface area contributed by atoms with Crippen molar-refractivity contribution in [3.63, 3.8) is 0 Å². The van der Waals surface area contributed by atoms with Gasteiger partial charge in [-0.3, -0.25) is 48.2 Å². The minimum atomic E-state index is -2.37. The van der Waals surface area contributed by atoms with Crippen LogP contribution in [-0.2, 0) is 65.4 Å². The molecule has 3 aromatic rings. The van der Waals surface area contributed by atoms with Crippen LogP contribution in [0.2, 0.25) is 0 Å². The number of aromatic hydroxyl groups is 2. The number of carbonyl (C=O) groups excluding carboxylic acids is 9. The molecule has 10 N–H and O–H groups in total. The molecule has 0 spiro atoms. The van der Waals surface area contributed by atoms with Crippen LogP contribution in [0.5, 0.6) is 17.2 Å². The van der Waals surface area contributed by atoms with Gasteiger partial charge in [-0.2, -0.15) is 0 Å². The number of rotatable bonds is 20. The van der Waals surface area contributed by atoms with Crippen molar-refractivity contribution in [3.8, 4) is 17.2 Å². The third kappa shape index (κ3) is 11.8. The molecule has 4 aliphatic heterocycles. The Morgan fingerprint density at radius 2 is 1.61 bits per heavy atom.